The van der Waals surface area contributed by atoms with Crippen LogP contribution in [0.2, 0.25) is 0 Å². The number of benzene rings is 3. The molecule has 0 bridgehead atoms. The van der Waals surface area contributed by atoms with Gasteiger partial charge in [-0.2, -0.15) is 5.26 Å². The predicted molar refractivity (Wildman–Crippen MR) is 122 cm³/mol. The van der Waals surface area contributed by atoms with Gasteiger partial charge in [-0.1, -0.05) is 30.3 Å². The number of nitrogens with one attached hydrogen (secondary N) is 1. The van der Waals surface area contributed by atoms with E-state index < -0.39 is 5.91 Å². The van der Waals surface area contributed by atoms with Crippen LogP contribution in [0.1, 0.15) is 16.7 Å². The number of methoxy groups -OCH3 is 2. The number of para-hydroxylation sites is 1. The van der Waals surface area contributed by atoms with Gasteiger partial charge in [0.1, 0.15) is 41.3 Å². The van der Waals surface area contributed by atoms with E-state index in [2.05, 4.69) is 5.32 Å². The van der Waals surface area contributed by atoms with Crippen molar-refractivity contribution in [3.05, 3.63) is 94.8 Å². The maximum Gasteiger partial charge on any atom is 0.262 e. The van der Waals surface area contributed by atoms with Crippen molar-refractivity contribution in [3.8, 4) is 23.3 Å². The van der Waals surface area contributed by atoms with Gasteiger partial charge in [-0.15, -0.1) is 0 Å². The van der Waals surface area contributed by atoms with Crippen LogP contribution in [0.4, 0.5) is 4.39 Å². The highest BCUT2D eigenvalue weighted by molar-refractivity contribution is 6.01. The number of hydrogen-bond donors (Lipinski definition) is 1. The van der Waals surface area contributed by atoms with Crippen molar-refractivity contribution >= 4 is 12.0 Å². The largest absolute Gasteiger partial charge is 0.497 e. The molecule has 3 rings (SSSR count). The summed E-state index contributed by atoms with van der Waals surface area (Å²) in [6.07, 6.45) is 1.47. The highest BCUT2D eigenvalue weighted by atomic mass is 19.1. The molecule has 1 amide bonds. The smallest absolute Gasteiger partial charge is 0.262 e. The molecule has 3 aromatic rings. The summed E-state index contributed by atoms with van der Waals surface area (Å²) in [5.74, 6) is 0.857. The number of nitriles is 1. The molecular weight excluding hydrogens is 423 g/mol. The molecule has 6 nitrogen and oxygen atoms in total. The Balaban J connectivity index is 1.72. The monoisotopic (exact) mass is 446 g/mol. The lowest BCUT2D eigenvalue weighted by atomic mass is 10.1. The first-order valence-corrected chi connectivity index (χ1v) is 10.1. The molecule has 0 spiro atoms. The maximum absolute atomic E-state index is 13.1. The number of ether oxygens (including phenoxy) is 3. The van der Waals surface area contributed by atoms with Gasteiger partial charge < -0.3 is 19.5 Å². The van der Waals surface area contributed by atoms with E-state index in [0.717, 1.165) is 11.1 Å². The Morgan fingerprint density at radius 2 is 1.79 bits per heavy atom. The van der Waals surface area contributed by atoms with Gasteiger partial charge in [-0.3, -0.25) is 4.79 Å². The number of nitrogens with zero attached hydrogens (tertiary/aromatic N) is 1. The van der Waals surface area contributed by atoms with E-state index in [0.29, 0.717) is 22.8 Å². The fourth-order valence-electron chi connectivity index (χ4n) is 3.05. The second-order valence-corrected chi connectivity index (χ2v) is 6.98. The van der Waals surface area contributed by atoms with Crippen molar-refractivity contribution in [2.75, 3.05) is 14.2 Å². The van der Waals surface area contributed by atoms with E-state index in [4.69, 9.17) is 14.2 Å². The first-order valence-electron chi connectivity index (χ1n) is 10.1. The lowest BCUT2D eigenvalue weighted by molar-refractivity contribution is -0.117. The molecule has 0 unspecified atom stereocenters. The average molecular weight is 446 g/mol. The van der Waals surface area contributed by atoms with Crippen molar-refractivity contribution in [1.82, 2.24) is 5.32 Å². The molecule has 0 aromatic heterocycles. The molecule has 0 saturated heterocycles. The van der Waals surface area contributed by atoms with Gasteiger partial charge in [0.15, 0.2) is 0 Å². The van der Waals surface area contributed by atoms with Gasteiger partial charge in [0.2, 0.25) is 0 Å². The van der Waals surface area contributed by atoms with Gasteiger partial charge in [0.05, 0.1) is 14.2 Å². The summed E-state index contributed by atoms with van der Waals surface area (Å²) in [4.78, 5) is 12.7. The molecule has 168 valence electrons. The third-order valence-electron chi connectivity index (χ3n) is 4.83. The Morgan fingerprint density at radius 3 is 2.48 bits per heavy atom. The Hall–Kier alpha value is -4.31. The quantitative estimate of drug-likeness (QED) is 0.382. The summed E-state index contributed by atoms with van der Waals surface area (Å²) in [6, 6.07) is 20.3. The lowest BCUT2D eigenvalue weighted by Crippen LogP contribution is -2.24. The van der Waals surface area contributed by atoms with Crippen LogP contribution in [-0.4, -0.2) is 20.1 Å². The number of halogens is 1. The molecule has 0 aliphatic heterocycles. The third-order valence-corrected chi connectivity index (χ3v) is 4.83. The SMILES string of the molecule is COc1ccc(CNC(=O)/C(C#N)=C/c2ccccc2OCc2ccc(F)cc2)c(OC)c1. The van der Waals surface area contributed by atoms with Crippen LogP contribution in [0.5, 0.6) is 17.2 Å². The molecule has 1 N–H and O–H groups in total. The molecule has 0 radical (unpaired) electrons. The molecular formula is C26H23FN2O4. The minimum atomic E-state index is -0.524. The Kier molecular flexibility index (Phi) is 8.03. The Bertz CT molecular complexity index is 1180. The highest BCUT2D eigenvalue weighted by Crippen LogP contribution is 2.25. The van der Waals surface area contributed by atoms with E-state index >= 15 is 0 Å². The number of carbonyl (C=O) groups is 1. The summed E-state index contributed by atoms with van der Waals surface area (Å²) in [6.45, 7) is 0.393. The number of amides is 1. The van der Waals surface area contributed by atoms with Gasteiger partial charge in [-0.25, -0.2) is 4.39 Å². The standard InChI is InChI=1S/C26H23FN2O4/c1-31-23-12-9-20(25(14-23)32-2)16-29-26(30)21(15-28)13-19-5-3-4-6-24(19)33-17-18-7-10-22(27)11-8-18/h3-14H,16-17H2,1-2H3,(H,29,30)/b21-13+. The summed E-state index contributed by atoms with van der Waals surface area (Å²) in [7, 11) is 3.09. The normalized spacial score (nSPS) is 10.8. The molecule has 0 atom stereocenters. The van der Waals surface area contributed by atoms with E-state index in [9.17, 15) is 14.4 Å². The summed E-state index contributed by atoms with van der Waals surface area (Å²) in [5, 5.41) is 12.3. The summed E-state index contributed by atoms with van der Waals surface area (Å²) < 4.78 is 29.4. The van der Waals surface area contributed by atoms with E-state index in [1.807, 2.05) is 6.07 Å². The van der Waals surface area contributed by atoms with E-state index in [1.54, 1.807) is 61.7 Å². The van der Waals surface area contributed by atoms with Crippen molar-refractivity contribution in [3.63, 3.8) is 0 Å². The van der Waals surface area contributed by atoms with Crippen molar-refractivity contribution in [2.24, 2.45) is 0 Å². The van der Waals surface area contributed by atoms with Crippen LogP contribution in [0.3, 0.4) is 0 Å². The molecule has 0 aliphatic carbocycles. The molecule has 7 heteroatoms. The van der Waals surface area contributed by atoms with Gasteiger partial charge in [0.25, 0.3) is 5.91 Å². The fourth-order valence-corrected chi connectivity index (χ4v) is 3.05. The lowest BCUT2D eigenvalue weighted by Gasteiger charge is -2.12. The Morgan fingerprint density at radius 1 is 1.03 bits per heavy atom. The number of carbonyl (C=O) groups excluding carboxylic acids is 1. The van der Waals surface area contributed by atoms with Gasteiger partial charge in [0, 0.05) is 23.7 Å². The molecule has 0 aliphatic rings. The van der Waals surface area contributed by atoms with Gasteiger partial charge in [-0.05, 0) is 42.0 Å². The van der Waals surface area contributed by atoms with Crippen LogP contribution in [-0.2, 0) is 17.9 Å². The summed E-state index contributed by atoms with van der Waals surface area (Å²) in [5.41, 5.74) is 2.04. The van der Waals surface area contributed by atoms with Gasteiger partial charge >= 0.3 is 0 Å². The zero-order valence-electron chi connectivity index (χ0n) is 18.3. The first-order chi connectivity index (χ1) is 16.0. The highest BCUT2D eigenvalue weighted by Gasteiger charge is 2.13. The topological polar surface area (TPSA) is 80.6 Å². The number of rotatable bonds is 9. The molecule has 0 heterocycles. The second-order valence-electron chi connectivity index (χ2n) is 6.98. The maximum atomic E-state index is 13.1. The van der Waals surface area contributed by atoms with Crippen molar-refractivity contribution in [1.29, 1.82) is 5.26 Å². The predicted octanol–water partition coefficient (Wildman–Crippen LogP) is 4.65. The van der Waals surface area contributed by atoms with Crippen LogP contribution in [0, 0.1) is 17.1 Å². The zero-order chi connectivity index (χ0) is 23.6. The Labute approximate surface area is 191 Å². The van der Waals surface area contributed by atoms with E-state index in [-0.39, 0.29) is 24.5 Å². The van der Waals surface area contributed by atoms with E-state index in [1.165, 1.54) is 25.3 Å². The minimum absolute atomic E-state index is 0.0692. The first kappa shape index (κ1) is 23.4. The minimum Gasteiger partial charge on any atom is -0.497 e. The zero-order valence-corrected chi connectivity index (χ0v) is 18.3. The van der Waals surface area contributed by atoms with Crippen LogP contribution in [0.15, 0.2) is 72.3 Å². The average Bonchev–Trinajstić information content (AvgIpc) is 2.85. The fraction of sp³-hybridized carbons (Fsp3) is 0.154. The number of hydrogen-bond acceptors (Lipinski definition) is 5. The molecule has 0 fully saturated rings. The molecule has 3 aromatic carbocycles. The molecule has 0 saturated carbocycles. The third kappa shape index (κ3) is 6.34. The van der Waals surface area contributed by atoms with Crippen LogP contribution >= 0.6 is 0 Å². The molecule has 33 heavy (non-hydrogen) atoms. The van der Waals surface area contributed by atoms with Crippen molar-refractivity contribution < 1.29 is 23.4 Å². The van der Waals surface area contributed by atoms with Crippen LogP contribution < -0.4 is 19.5 Å². The second kappa shape index (κ2) is 11.3. The van der Waals surface area contributed by atoms with Crippen molar-refractivity contribution in [2.45, 2.75) is 13.2 Å². The summed E-state index contributed by atoms with van der Waals surface area (Å²) >= 11 is 0. The van der Waals surface area contributed by atoms with Crippen LogP contribution in [0.25, 0.3) is 6.08 Å².